The van der Waals surface area contributed by atoms with Crippen molar-refractivity contribution in [1.29, 1.82) is 0 Å². The summed E-state index contributed by atoms with van der Waals surface area (Å²) in [4.78, 5) is 26.1. The van der Waals surface area contributed by atoms with Crippen molar-refractivity contribution in [2.75, 3.05) is 31.3 Å². The number of halogens is 1. The Kier molecular flexibility index (Phi) is 6.21. The number of anilines is 3. The summed E-state index contributed by atoms with van der Waals surface area (Å²) in [5, 5.41) is 0. The third kappa shape index (κ3) is 4.33. The number of hydrogen-bond donors (Lipinski definition) is 1. The molecule has 0 saturated carbocycles. The SMILES string of the molecule is CC(=O)N(C)C.CC=Nc1c(N)ncnc1N1CCc2cc(F)ccc21. The molecule has 0 saturated heterocycles. The second-order valence-electron chi connectivity index (χ2n) is 5.91. The van der Waals surface area contributed by atoms with E-state index in [9.17, 15) is 9.18 Å². The fraction of sp³-hybridized carbons (Fsp3) is 0.333. The summed E-state index contributed by atoms with van der Waals surface area (Å²) in [6.45, 7) is 4.06. The molecule has 0 unspecified atom stereocenters. The molecule has 1 aliphatic heterocycles. The van der Waals surface area contributed by atoms with Crippen LogP contribution in [0.2, 0.25) is 0 Å². The standard InChI is InChI=1S/C14H14FN5.C4H9NO/c1-2-17-12-13(16)18-8-19-14(12)20-6-5-9-7-10(15)3-4-11(9)20;1-4(6)5(2)3/h2-4,7-8H,5-6H2,1H3,(H2,16,18,19);1-3H3. The van der Waals surface area contributed by atoms with Gasteiger partial charge in [-0.05, 0) is 37.1 Å². The van der Waals surface area contributed by atoms with Crippen molar-refractivity contribution in [3.63, 3.8) is 0 Å². The van der Waals surface area contributed by atoms with E-state index in [0.29, 0.717) is 17.3 Å². The van der Waals surface area contributed by atoms with Gasteiger partial charge < -0.3 is 15.5 Å². The van der Waals surface area contributed by atoms with E-state index in [1.807, 2.05) is 11.8 Å². The van der Waals surface area contributed by atoms with Crippen molar-refractivity contribution >= 4 is 35.1 Å². The maximum absolute atomic E-state index is 13.3. The minimum atomic E-state index is -0.223. The molecule has 1 amide bonds. The van der Waals surface area contributed by atoms with Gasteiger partial charge in [0, 0.05) is 39.5 Å². The van der Waals surface area contributed by atoms with Crippen LogP contribution < -0.4 is 10.6 Å². The van der Waals surface area contributed by atoms with Gasteiger partial charge in [-0.3, -0.25) is 9.79 Å². The molecule has 0 bridgehead atoms. The van der Waals surface area contributed by atoms with Crippen molar-refractivity contribution in [2.45, 2.75) is 20.3 Å². The van der Waals surface area contributed by atoms with Gasteiger partial charge in [0.25, 0.3) is 0 Å². The van der Waals surface area contributed by atoms with E-state index in [1.165, 1.54) is 24.2 Å². The Morgan fingerprint density at radius 1 is 1.38 bits per heavy atom. The van der Waals surface area contributed by atoms with Crippen LogP contribution in [0.15, 0.2) is 29.5 Å². The molecule has 0 fully saturated rings. The van der Waals surface area contributed by atoms with Gasteiger partial charge in [-0.25, -0.2) is 14.4 Å². The molecule has 2 N–H and O–H groups in total. The van der Waals surface area contributed by atoms with Crippen LogP contribution in [-0.4, -0.2) is 47.6 Å². The van der Waals surface area contributed by atoms with E-state index in [4.69, 9.17) is 5.73 Å². The van der Waals surface area contributed by atoms with Crippen LogP contribution >= 0.6 is 0 Å². The van der Waals surface area contributed by atoms with E-state index in [1.54, 1.807) is 32.4 Å². The molecular formula is C18H23FN6O. The number of benzene rings is 1. The van der Waals surface area contributed by atoms with E-state index < -0.39 is 0 Å². The summed E-state index contributed by atoms with van der Waals surface area (Å²) in [7, 11) is 3.45. The summed E-state index contributed by atoms with van der Waals surface area (Å²) in [5.74, 6) is 0.860. The minimum Gasteiger partial charge on any atom is -0.382 e. The number of rotatable bonds is 2. The summed E-state index contributed by atoms with van der Waals surface area (Å²) in [6.07, 6.45) is 3.84. The molecule has 1 aromatic carbocycles. The smallest absolute Gasteiger partial charge is 0.218 e. The molecule has 0 radical (unpaired) electrons. The first-order valence-electron chi connectivity index (χ1n) is 8.18. The summed E-state index contributed by atoms with van der Waals surface area (Å²) < 4.78 is 13.3. The topological polar surface area (TPSA) is 87.7 Å². The Morgan fingerprint density at radius 3 is 2.69 bits per heavy atom. The van der Waals surface area contributed by atoms with Crippen molar-refractivity contribution in [1.82, 2.24) is 14.9 Å². The Morgan fingerprint density at radius 2 is 2.08 bits per heavy atom. The lowest BCUT2D eigenvalue weighted by molar-refractivity contribution is -0.126. The van der Waals surface area contributed by atoms with Gasteiger partial charge in [-0.1, -0.05) is 0 Å². The van der Waals surface area contributed by atoms with Crippen LogP contribution in [0.4, 0.5) is 27.4 Å². The molecule has 2 aromatic rings. The average molecular weight is 358 g/mol. The van der Waals surface area contributed by atoms with Crippen molar-refractivity contribution in [3.8, 4) is 0 Å². The Balaban J connectivity index is 0.000000352. The lowest BCUT2D eigenvalue weighted by Gasteiger charge is -2.20. The average Bonchev–Trinajstić information content (AvgIpc) is 3.00. The van der Waals surface area contributed by atoms with Crippen molar-refractivity contribution < 1.29 is 9.18 Å². The number of nitrogens with zero attached hydrogens (tertiary/aromatic N) is 5. The third-order valence-electron chi connectivity index (χ3n) is 3.91. The van der Waals surface area contributed by atoms with Gasteiger partial charge >= 0.3 is 0 Å². The van der Waals surface area contributed by atoms with Gasteiger partial charge in [0.1, 0.15) is 17.8 Å². The van der Waals surface area contributed by atoms with Crippen molar-refractivity contribution in [3.05, 3.63) is 35.9 Å². The number of fused-ring (bicyclic) bond motifs is 1. The zero-order chi connectivity index (χ0) is 19.3. The molecule has 26 heavy (non-hydrogen) atoms. The highest BCUT2D eigenvalue weighted by Gasteiger charge is 2.24. The molecule has 8 heteroatoms. The first-order valence-corrected chi connectivity index (χ1v) is 8.18. The van der Waals surface area contributed by atoms with Crippen LogP contribution in [0.25, 0.3) is 0 Å². The van der Waals surface area contributed by atoms with Gasteiger partial charge in [0.2, 0.25) is 5.91 Å². The molecule has 1 aromatic heterocycles. The number of carbonyl (C=O) groups is 1. The van der Waals surface area contributed by atoms with E-state index >= 15 is 0 Å². The highest BCUT2D eigenvalue weighted by Crippen LogP contribution is 2.39. The second-order valence-corrected chi connectivity index (χ2v) is 5.91. The third-order valence-corrected chi connectivity index (χ3v) is 3.91. The lowest BCUT2D eigenvalue weighted by Crippen LogP contribution is -2.17. The number of nitrogen functional groups attached to an aromatic ring is 1. The lowest BCUT2D eigenvalue weighted by atomic mass is 10.1. The monoisotopic (exact) mass is 358 g/mol. The molecular weight excluding hydrogens is 335 g/mol. The number of aliphatic imine (C=N–C) groups is 1. The van der Waals surface area contributed by atoms with E-state index in [2.05, 4.69) is 15.0 Å². The van der Waals surface area contributed by atoms with Crippen molar-refractivity contribution in [2.24, 2.45) is 4.99 Å². The van der Waals surface area contributed by atoms with Gasteiger partial charge in [0.15, 0.2) is 11.6 Å². The fourth-order valence-electron chi connectivity index (χ4n) is 2.42. The zero-order valence-electron chi connectivity index (χ0n) is 15.4. The number of carbonyl (C=O) groups excluding carboxylic acids is 1. The Bertz CT molecular complexity index is 821. The normalized spacial score (nSPS) is 12.6. The largest absolute Gasteiger partial charge is 0.382 e. The summed E-state index contributed by atoms with van der Waals surface area (Å²) in [5.41, 5.74) is 8.32. The van der Waals surface area contributed by atoms with Gasteiger partial charge in [-0.2, -0.15) is 0 Å². The number of nitrogens with two attached hydrogens (primary N) is 1. The summed E-state index contributed by atoms with van der Waals surface area (Å²) >= 11 is 0. The van der Waals surface area contributed by atoms with Crippen LogP contribution in [-0.2, 0) is 11.2 Å². The highest BCUT2D eigenvalue weighted by atomic mass is 19.1. The zero-order valence-corrected chi connectivity index (χ0v) is 15.4. The Hall–Kier alpha value is -3.03. The molecule has 138 valence electrons. The number of aromatic nitrogens is 2. The molecule has 0 spiro atoms. The quantitative estimate of drug-likeness (QED) is 0.834. The molecule has 3 rings (SSSR count). The van der Waals surface area contributed by atoms with Crippen LogP contribution in [0.3, 0.4) is 0 Å². The molecule has 2 heterocycles. The van der Waals surface area contributed by atoms with Crippen LogP contribution in [0.1, 0.15) is 19.4 Å². The minimum absolute atomic E-state index is 0.0926. The predicted octanol–water partition coefficient (Wildman–Crippen LogP) is 2.71. The van der Waals surface area contributed by atoms with Crippen LogP contribution in [0.5, 0.6) is 0 Å². The Labute approximate surface area is 152 Å². The first-order chi connectivity index (χ1) is 12.3. The van der Waals surface area contributed by atoms with E-state index in [0.717, 1.165) is 24.2 Å². The predicted molar refractivity (Wildman–Crippen MR) is 102 cm³/mol. The first kappa shape index (κ1) is 19.3. The van der Waals surface area contributed by atoms with Crippen LogP contribution in [0, 0.1) is 5.82 Å². The maximum atomic E-state index is 13.3. The summed E-state index contributed by atoms with van der Waals surface area (Å²) in [6, 6.07) is 4.77. The van der Waals surface area contributed by atoms with Gasteiger partial charge in [0.05, 0.1) is 0 Å². The maximum Gasteiger partial charge on any atom is 0.218 e. The molecule has 1 aliphatic rings. The second kappa shape index (κ2) is 8.37. The number of amides is 1. The molecule has 0 atom stereocenters. The van der Waals surface area contributed by atoms with E-state index in [-0.39, 0.29) is 11.7 Å². The van der Waals surface area contributed by atoms with Gasteiger partial charge in [-0.15, -0.1) is 0 Å². The number of hydrogen-bond acceptors (Lipinski definition) is 6. The molecule has 7 nitrogen and oxygen atoms in total. The highest BCUT2D eigenvalue weighted by molar-refractivity contribution is 5.82. The molecule has 0 aliphatic carbocycles. The fourth-order valence-corrected chi connectivity index (χ4v) is 2.42.